The second kappa shape index (κ2) is 12.4. The van der Waals surface area contributed by atoms with Crippen LogP contribution in [0, 0.1) is 0 Å². The number of nitrogens with zero attached hydrogens (tertiary/aromatic N) is 4. The van der Waals surface area contributed by atoms with Gasteiger partial charge in [-0.05, 0) is 72.7 Å². The molecule has 4 heteroatoms. The van der Waals surface area contributed by atoms with Gasteiger partial charge in [0.1, 0.15) is 0 Å². The van der Waals surface area contributed by atoms with Gasteiger partial charge < -0.3 is 4.57 Å². The van der Waals surface area contributed by atoms with Crippen LogP contribution in [0.2, 0.25) is 0 Å². The van der Waals surface area contributed by atoms with Gasteiger partial charge in [-0.3, -0.25) is 0 Å². The van der Waals surface area contributed by atoms with Crippen molar-refractivity contribution in [3.63, 3.8) is 0 Å². The van der Waals surface area contributed by atoms with Gasteiger partial charge in [0.15, 0.2) is 17.5 Å². The van der Waals surface area contributed by atoms with Crippen LogP contribution in [0.25, 0.3) is 116 Å². The third-order valence-corrected chi connectivity index (χ3v) is 11.6. The van der Waals surface area contributed by atoms with Crippen molar-refractivity contribution in [3.8, 4) is 39.9 Å². The fraction of sp³-hybridized carbons (Fsp3) is 0. The van der Waals surface area contributed by atoms with Gasteiger partial charge in [0, 0.05) is 38.5 Å². The van der Waals surface area contributed by atoms with E-state index in [2.05, 4.69) is 162 Å². The van der Waals surface area contributed by atoms with Gasteiger partial charge in [-0.1, -0.05) is 170 Å². The number of benzene rings is 10. The highest BCUT2D eigenvalue weighted by atomic mass is 15.0. The molecule has 0 N–H and O–H groups in total. The largest absolute Gasteiger partial charge is 0.309 e. The number of fused-ring (bicyclic) bond motifs is 13. The highest BCUT2D eigenvalue weighted by molar-refractivity contribution is 6.30. The van der Waals surface area contributed by atoms with E-state index >= 15 is 0 Å². The first-order valence-corrected chi connectivity index (χ1v) is 19.4. The molecule has 0 aliphatic rings. The lowest BCUT2D eigenvalue weighted by Gasteiger charge is -2.16. The standard InChI is InChI=1S/C53H32N4/c1-3-16-35(17-4-1)51-54-52(36-18-5-2-6-19-36)56-53(55-51)44-25-13-24-43-41-23-12-11-22-40(41)42-29-28-37(32-45(42)48(43)44)57-46-30-26-33-14-7-9-20-38(33)49(46)50-39-21-10-8-15-34(39)27-31-47(50)57/h1-32H. The third-order valence-electron chi connectivity index (χ3n) is 11.6. The van der Waals surface area contributed by atoms with Crippen LogP contribution in [-0.2, 0) is 0 Å². The van der Waals surface area contributed by atoms with E-state index in [9.17, 15) is 0 Å². The molecule has 0 atom stereocenters. The zero-order valence-electron chi connectivity index (χ0n) is 30.8. The summed E-state index contributed by atoms with van der Waals surface area (Å²) < 4.78 is 2.45. The van der Waals surface area contributed by atoms with Crippen LogP contribution < -0.4 is 0 Å². The molecule has 0 spiro atoms. The average molecular weight is 725 g/mol. The van der Waals surface area contributed by atoms with Crippen LogP contribution in [0.1, 0.15) is 0 Å². The summed E-state index contributed by atoms with van der Waals surface area (Å²) in [5, 5.41) is 14.6. The van der Waals surface area contributed by atoms with Gasteiger partial charge in [0.25, 0.3) is 0 Å². The summed E-state index contributed by atoms with van der Waals surface area (Å²) in [6.45, 7) is 0. The van der Waals surface area contributed by atoms with Gasteiger partial charge in [0.05, 0.1) is 11.0 Å². The highest BCUT2D eigenvalue weighted by Gasteiger charge is 2.21. The molecule has 264 valence electrons. The molecule has 0 aliphatic heterocycles. The lowest BCUT2D eigenvalue weighted by Crippen LogP contribution is -2.01. The Hall–Kier alpha value is -7.69. The Morgan fingerprint density at radius 3 is 1.37 bits per heavy atom. The van der Waals surface area contributed by atoms with Gasteiger partial charge >= 0.3 is 0 Å². The highest BCUT2D eigenvalue weighted by Crippen LogP contribution is 2.44. The maximum absolute atomic E-state index is 5.22. The van der Waals surface area contributed by atoms with Crippen LogP contribution in [0.4, 0.5) is 0 Å². The minimum Gasteiger partial charge on any atom is -0.309 e. The van der Waals surface area contributed by atoms with E-state index in [0.29, 0.717) is 17.5 Å². The predicted molar refractivity (Wildman–Crippen MR) is 238 cm³/mol. The first-order valence-electron chi connectivity index (χ1n) is 19.4. The quantitative estimate of drug-likeness (QED) is 0.170. The fourth-order valence-corrected chi connectivity index (χ4v) is 9.07. The molecule has 10 aromatic carbocycles. The number of rotatable bonds is 4. The van der Waals surface area contributed by atoms with Crippen molar-refractivity contribution in [2.75, 3.05) is 0 Å². The summed E-state index contributed by atoms with van der Waals surface area (Å²) in [7, 11) is 0. The third kappa shape index (κ3) is 4.84. The van der Waals surface area contributed by atoms with E-state index in [0.717, 1.165) is 38.5 Å². The summed E-state index contributed by atoms with van der Waals surface area (Å²) >= 11 is 0. The van der Waals surface area contributed by atoms with Crippen LogP contribution >= 0.6 is 0 Å². The van der Waals surface area contributed by atoms with E-state index in [1.165, 1.54) is 59.5 Å². The fourth-order valence-electron chi connectivity index (χ4n) is 9.07. The average Bonchev–Trinajstić information content (AvgIpc) is 3.64. The minimum atomic E-state index is 0.644. The molecular weight excluding hydrogens is 693 g/mol. The molecule has 0 aliphatic carbocycles. The lowest BCUT2D eigenvalue weighted by molar-refractivity contribution is 1.08. The monoisotopic (exact) mass is 724 g/mol. The Balaban J connectivity index is 1.20. The molecule has 0 fully saturated rings. The van der Waals surface area contributed by atoms with Crippen LogP contribution in [0.15, 0.2) is 194 Å². The molecule has 2 aromatic heterocycles. The Bertz CT molecular complexity index is 3420. The lowest BCUT2D eigenvalue weighted by atomic mass is 9.91. The molecular formula is C53H32N4. The zero-order chi connectivity index (χ0) is 37.5. The molecule has 12 rings (SSSR count). The van der Waals surface area contributed by atoms with Crippen LogP contribution in [0.5, 0.6) is 0 Å². The van der Waals surface area contributed by atoms with Crippen molar-refractivity contribution >= 4 is 75.7 Å². The molecule has 4 nitrogen and oxygen atoms in total. The summed E-state index contributed by atoms with van der Waals surface area (Å²) in [6, 6.07) is 69.3. The Morgan fingerprint density at radius 2 is 0.772 bits per heavy atom. The van der Waals surface area contributed by atoms with Crippen molar-refractivity contribution < 1.29 is 0 Å². The molecule has 0 radical (unpaired) electrons. The van der Waals surface area contributed by atoms with Gasteiger partial charge in [-0.15, -0.1) is 0 Å². The van der Waals surface area contributed by atoms with E-state index in [4.69, 9.17) is 15.0 Å². The maximum Gasteiger partial charge on any atom is 0.164 e. The smallest absolute Gasteiger partial charge is 0.164 e. The predicted octanol–water partition coefficient (Wildman–Crippen LogP) is 13.7. The SMILES string of the molecule is c1ccc(-c2nc(-c3ccccc3)nc(-c3cccc4c5ccccc5c5ccc(-n6c7ccc8ccccc8c7c7c8ccccc8ccc76)cc5c34)n2)cc1. The second-order valence-corrected chi connectivity index (χ2v) is 14.7. The first kappa shape index (κ1) is 31.6. The second-order valence-electron chi connectivity index (χ2n) is 14.7. The normalized spacial score (nSPS) is 11.9. The zero-order valence-corrected chi connectivity index (χ0v) is 30.8. The molecule has 0 amide bonds. The van der Waals surface area contributed by atoms with Crippen molar-refractivity contribution in [3.05, 3.63) is 194 Å². The maximum atomic E-state index is 5.22. The Morgan fingerprint density at radius 1 is 0.298 bits per heavy atom. The van der Waals surface area contributed by atoms with Crippen molar-refractivity contribution in [2.24, 2.45) is 0 Å². The topological polar surface area (TPSA) is 43.6 Å². The number of hydrogen-bond donors (Lipinski definition) is 0. The number of aromatic nitrogens is 4. The van der Waals surface area contributed by atoms with E-state index in [1.807, 2.05) is 36.4 Å². The molecule has 57 heavy (non-hydrogen) atoms. The summed E-state index contributed by atoms with van der Waals surface area (Å²) in [5.41, 5.74) is 6.33. The minimum absolute atomic E-state index is 0.644. The van der Waals surface area contributed by atoms with Gasteiger partial charge in [-0.2, -0.15) is 0 Å². The van der Waals surface area contributed by atoms with Crippen molar-refractivity contribution in [1.82, 2.24) is 19.5 Å². The van der Waals surface area contributed by atoms with Crippen LogP contribution in [-0.4, -0.2) is 19.5 Å². The van der Waals surface area contributed by atoms with E-state index in [-0.39, 0.29) is 0 Å². The van der Waals surface area contributed by atoms with Gasteiger partial charge in [-0.25, -0.2) is 15.0 Å². The first-order chi connectivity index (χ1) is 28.3. The Labute approximate surface area is 328 Å². The molecule has 0 unspecified atom stereocenters. The summed E-state index contributed by atoms with van der Waals surface area (Å²) in [4.78, 5) is 15.5. The summed E-state index contributed by atoms with van der Waals surface area (Å²) in [6.07, 6.45) is 0. The molecule has 2 heterocycles. The van der Waals surface area contributed by atoms with Crippen molar-refractivity contribution in [1.29, 1.82) is 0 Å². The van der Waals surface area contributed by atoms with Gasteiger partial charge in [0.2, 0.25) is 0 Å². The molecule has 0 saturated heterocycles. The molecule has 12 aromatic rings. The molecule has 0 bridgehead atoms. The molecule has 0 saturated carbocycles. The van der Waals surface area contributed by atoms with Crippen molar-refractivity contribution in [2.45, 2.75) is 0 Å². The Kier molecular flexibility index (Phi) is 6.89. The van der Waals surface area contributed by atoms with E-state index < -0.39 is 0 Å². The number of hydrogen-bond acceptors (Lipinski definition) is 3. The summed E-state index contributed by atoms with van der Waals surface area (Å²) in [5.74, 6) is 1.93. The van der Waals surface area contributed by atoms with Crippen LogP contribution in [0.3, 0.4) is 0 Å². The van der Waals surface area contributed by atoms with E-state index in [1.54, 1.807) is 0 Å².